The van der Waals surface area contributed by atoms with Crippen molar-refractivity contribution in [2.75, 3.05) is 7.11 Å². The first kappa shape index (κ1) is 14.2. The molecule has 0 radical (unpaired) electrons. The fourth-order valence-corrected chi connectivity index (χ4v) is 4.08. The van der Waals surface area contributed by atoms with Gasteiger partial charge in [0.2, 0.25) is 0 Å². The monoisotopic (exact) mass is 373 g/mol. The molecule has 6 heteroatoms. The fraction of sp³-hybridized carbons (Fsp3) is 0.286. The Hall–Kier alpha value is -0.750. The quantitative estimate of drug-likeness (QED) is 0.829. The number of ether oxygens (including phenoxy) is 2. The van der Waals surface area contributed by atoms with Crippen LogP contribution in [0.1, 0.15) is 29.0 Å². The third-order valence-corrected chi connectivity index (χ3v) is 5.91. The van der Waals surface area contributed by atoms with E-state index in [1.807, 2.05) is 24.3 Å². The summed E-state index contributed by atoms with van der Waals surface area (Å²) in [6.07, 6.45) is 0.668. The fourth-order valence-electron chi connectivity index (χ4n) is 2.31. The van der Waals surface area contributed by atoms with Gasteiger partial charge in [-0.15, -0.1) is 11.3 Å². The normalized spacial score (nSPS) is 21.2. The SMILES string of the molecule is COc1ccc2c(c1)OC(c1cc(Br)c(Cl)s1)C[C@@H]2N. The lowest BCUT2D eigenvalue weighted by Gasteiger charge is -2.30. The molecule has 0 aliphatic carbocycles. The van der Waals surface area contributed by atoms with Crippen molar-refractivity contribution in [1.29, 1.82) is 0 Å². The van der Waals surface area contributed by atoms with Gasteiger partial charge in [0.15, 0.2) is 0 Å². The van der Waals surface area contributed by atoms with E-state index in [-0.39, 0.29) is 12.1 Å². The summed E-state index contributed by atoms with van der Waals surface area (Å²) in [5.41, 5.74) is 7.27. The second-order valence-corrected chi connectivity index (χ2v) is 7.16. The Balaban J connectivity index is 1.94. The summed E-state index contributed by atoms with van der Waals surface area (Å²) in [6.45, 7) is 0. The standard InChI is InChI=1S/C14H13BrClNO2S/c1-18-7-2-3-8-10(17)6-12(19-11(8)4-7)13-5-9(15)14(16)20-13/h2-5,10,12H,6,17H2,1H3/t10-,12?/m0/s1. The highest BCUT2D eigenvalue weighted by Gasteiger charge is 2.29. The second-order valence-electron chi connectivity index (χ2n) is 4.62. The van der Waals surface area contributed by atoms with E-state index in [1.54, 1.807) is 7.11 Å². The number of halogens is 2. The molecular formula is C14H13BrClNO2S. The van der Waals surface area contributed by atoms with Gasteiger partial charge >= 0.3 is 0 Å². The molecule has 106 valence electrons. The zero-order valence-electron chi connectivity index (χ0n) is 10.7. The van der Waals surface area contributed by atoms with Gasteiger partial charge in [0.05, 0.1) is 7.11 Å². The summed E-state index contributed by atoms with van der Waals surface area (Å²) < 4.78 is 12.9. The maximum atomic E-state index is 6.25. The van der Waals surface area contributed by atoms with Crippen LogP contribution in [0.4, 0.5) is 0 Å². The Labute approximate surface area is 134 Å². The van der Waals surface area contributed by atoms with Crippen LogP contribution in [-0.4, -0.2) is 7.11 Å². The number of thiophene rings is 1. The topological polar surface area (TPSA) is 44.5 Å². The first-order valence-corrected chi connectivity index (χ1v) is 8.12. The lowest BCUT2D eigenvalue weighted by atomic mass is 9.96. The van der Waals surface area contributed by atoms with Crippen LogP contribution < -0.4 is 15.2 Å². The molecule has 1 aliphatic heterocycles. The van der Waals surface area contributed by atoms with E-state index in [0.29, 0.717) is 0 Å². The van der Waals surface area contributed by atoms with E-state index in [0.717, 1.165) is 37.2 Å². The minimum absolute atomic E-state index is 0.0469. The van der Waals surface area contributed by atoms with E-state index >= 15 is 0 Å². The van der Waals surface area contributed by atoms with Crippen molar-refractivity contribution in [3.63, 3.8) is 0 Å². The molecule has 0 bridgehead atoms. The van der Waals surface area contributed by atoms with Crippen LogP contribution in [0.15, 0.2) is 28.7 Å². The smallest absolute Gasteiger partial charge is 0.135 e. The zero-order chi connectivity index (χ0) is 14.3. The van der Waals surface area contributed by atoms with Crippen LogP contribution in [0.2, 0.25) is 4.34 Å². The molecule has 3 nitrogen and oxygen atoms in total. The second kappa shape index (κ2) is 5.56. The van der Waals surface area contributed by atoms with Gasteiger partial charge in [-0.25, -0.2) is 0 Å². The van der Waals surface area contributed by atoms with Crippen LogP contribution >= 0.6 is 38.9 Å². The molecule has 2 atom stereocenters. The molecule has 0 fully saturated rings. The summed E-state index contributed by atoms with van der Waals surface area (Å²) in [5.74, 6) is 1.55. The molecule has 2 N–H and O–H groups in total. The average molecular weight is 375 g/mol. The average Bonchev–Trinajstić information content (AvgIpc) is 2.78. The van der Waals surface area contributed by atoms with Crippen molar-refractivity contribution in [1.82, 2.24) is 0 Å². The summed E-state index contributed by atoms with van der Waals surface area (Å²) in [7, 11) is 1.64. The molecule has 3 rings (SSSR count). The molecule has 0 spiro atoms. The van der Waals surface area contributed by atoms with Crippen molar-refractivity contribution >= 4 is 38.9 Å². The summed E-state index contributed by atoms with van der Waals surface area (Å²) in [5, 5.41) is 0. The number of fused-ring (bicyclic) bond motifs is 1. The van der Waals surface area contributed by atoms with Gasteiger partial charge in [-0.05, 0) is 28.1 Å². The van der Waals surface area contributed by atoms with Gasteiger partial charge in [0.25, 0.3) is 0 Å². The van der Waals surface area contributed by atoms with Gasteiger partial charge in [-0.2, -0.15) is 0 Å². The molecule has 2 heterocycles. The predicted molar refractivity (Wildman–Crippen MR) is 84.9 cm³/mol. The van der Waals surface area contributed by atoms with Gasteiger partial charge in [-0.1, -0.05) is 17.7 Å². The highest BCUT2D eigenvalue weighted by atomic mass is 79.9. The third kappa shape index (κ3) is 2.55. The van der Waals surface area contributed by atoms with Crippen LogP contribution in [0, 0.1) is 0 Å². The van der Waals surface area contributed by atoms with Crippen LogP contribution in [0.3, 0.4) is 0 Å². The number of rotatable bonds is 2. The Morgan fingerprint density at radius 2 is 2.25 bits per heavy atom. The molecule has 20 heavy (non-hydrogen) atoms. The molecule has 1 aliphatic rings. The van der Waals surface area contributed by atoms with E-state index < -0.39 is 0 Å². The van der Waals surface area contributed by atoms with Crippen molar-refractivity contribution in [2.45, 2.75) is 18.6 Å². The molecular weight excluding hydrogens is 362 g/mol. The Kier molecular flexibility index (Phi) is 3.95. The largest absolute Gasteiger partial charge is 0.497 e. The molecule has 0 saturated carbocycles. The Morgan fingerprint density at radius 1 is 1.45 bits per heavy atom. The van der Waals surface area contributed by atoms with Gasteiger partial charge in [0.1, 0.15) is 21.9 Å². The molecule has 1 aromatic carbocycles. The summed E-state index contributed by atoms with van der Waals surface area (Å²) >= 11 is 11.0. The summed E-state index contributed by atoms with van der Waals surface area (Å²) in [4.78, 5) is 1.07. The minimum Gasteiger partial charge on any atom is -0.497 e. The third-order valence-electron chi connectivity index (χ3n) is 3.34. The zero-order valence-corrected chi connectivity index (χ0v) is 13.9. The highest BCUT2D eigenvalue weighted by molar-refractivity contribution is 9.10. The number of benzene rings is 1. The Morgan fingerprint density at radius 3 is 2.90 bits per heavy atom. The molecule has 1 unspecified atom stereocenters. The number of methoxy groups -OCH3 is 1. The highest BCUT2D eigenvalue weighted by Crippen LogP contribution is 2.45. The number of nitrogens with two attached hydrogens (primary N) is 1. The summed E-state index contributed by atoms with van der Waals surface area (Å²) in [6, 6.07) is 7.70. The van der Waals surface area contributed by atoms with E-state index in [9.17, 15) is 0 Å². The van der Waals surface area contributed by atoms with Crippen LogP contribution in [0.5, 0.6) is 11.5 Å². The van der Waals surface area contributed by atoms with Gasteiger partial charge in [0, 0.05) is 33.4 Å². The maximum absolute atomic E-state index is 6.25. The number of hydrogen-bond acceptors (Lipinski definition) is 4. The van der Waals surface area contributed by atoms with Crippen LogP contribution in [-0.2, 0) is 0 Å². The van der Waals surface area contributed by atoms with Crippen molar-refractivity contribution < 1.29 is 9.47 Å². The maximum Gasteiger partial charge on any atom is 0.135 e. The molecule has 2 aromatic rings. The Bertz CT molecular complexity index is 627. The van der Waals surface area contributed by atoms with Gasteiger partial charge < -0.3 is 15.2 Å². The lowest BCUT2D eigenvalue weighted by Crippen LogP contribution is -2.23. The first-order chi connectivity index (χ1) is 9.58. The van der Waals surface area contributed by atoms with E-state index in [1.165, 1.54) is 11.3 Å². The van der Waals surface area contributed by atoms with Crippen molar-refractivity contribution in [2.24, 2.45) is 5.73 Å². The van der Waals surface area contributed by atoms with Crippen molar-refractivity contribution in [3.8, 4) is 11.5 Å². The molecule has 1 aromatic heterocycles. The number of hydrogen-bond donors (Lipinski definition) is 1. The molecule has 0 amide bonds. The van der Waals surface area contributed by atoms with Gasteiger partial charge in [-0.3, -0.25) is 0 Å². The predicted octanol–water partition coefficient (Wildman–Crippen LogP) is 4.70. The molecule has 0 saturated heterocycles. The first-order valence-electron chi connectivity index (χ1n) is 6.13. The van der Waals surface area contributed by atoms with Crippen molar-refractivity contribution in [3.05, 3.63) is 43.5 Å². The van der Waals surface area contributed by atoms with E-state index in [4.69, 9.17) is 26.8 Å². The van der Waals surface area contributed by atoms with E-state index in [2.05, 4.69) is 15.9 Å². The minimum atomic E-state index is -0.0709. The lowest BCUT2D eigenvalue weighted by molar-refractivity contribution is 0.164. The van der Waals surface area contributed by atoms with Crippen LogP contribution in [0.25, 0.3) is 0 Å².